The van der Waals surface area contributed by atoms with Crippen molar-refractivity contribution in [2.75, 3.05) is 20.3 Å². The van der Waals surface area contributed by atoms with Crippen molar-refractivity contribution in [2.45, 2.75) is 40.7 Å². The molecular weight excluding hydrogens is 382 g/mol. The molecule has 0 saturated carbocycles. The van der Waals surface area contributed by atoms with Crippen LogP contribution in [0.15, 0.2) is 24.3 Å². The van der Waals surface area contributed by atoms with E-state index in [1.807, 2.05) is 40.7 Å². The van der Waals surface area contributed by atoms with Crippen LogP contribution in [0.1, 0.15) is 56.5 Å². The molecule has 0 amide bonds. The molecule has 0 aliphatic carbocycles. The zero-order valence-corrected chi connectivity index (χ0v) is 18.3. The first kappa shape index (κ1) is 21.6. The van der Waals surface area contributed by atoms with E-state index in [9.17, 15) is 9.59 Å². The second kappa shape index (κ2) is 8.75. The van der Waals surface area contributed by atoms with E-state index in [0.29, 0.717) is 28.8 Å². The molecular formula is C23H27N3O4. The fourth-order valence-electron chi connectivity index (χ4n) is 3.70. The number of hydrogen-bond donors (Lipinski definition) is 0. The van der Waals surface area contributed by atoms with Gasteiger partial charge in [0.2, 0.25) is 5.78 Å². The van der Waals surface area contributed by atoms with Gasteiger partial charge >= 0.3 is 5.97 Å². The number of carbonyl (C=O) groups excluding carboxylic acids is 2. The molecule has 0 bridgehead atoms. The van der Waals surface area contributed by atoms with E-state index in [1.54, 1.807) is 25.3 Å². The molecule has 0 spiro atoms. The molecule has 0 N–H and O–H groups in total. The van der Waals surface area contributed by atoms with Gasteiger partial charge in [-0.15, -0.1) is 0 Å². The maximum Gasteiger partial charge on any atom is 0.338 e. The summed E-state index contributed by atoms with van der Waals surface area (Å²) in [5, 5.41) is 0. The van der Waals surface area contributed by atoms with Crippen LogP contribution in [-0.2, 0) is 9.47 Å². The molecule has 3 aromatic rings. The first-order valence-corrected chi connectivity index (χ1v) is 9.85. The van der Waals surface area contributed by atoms with Crippen molar-refractivity contribution in [2.24, 2.45) is 0 Å². The van der Waals surface area contributed by atoms with Crippen molar-refractivity contribution >= 4 is 22.8 Å². The Bertz CT molecular complexity index is 1120. The Balaban J connectivity index is 1.73. The van der Waals surface area contributed by atoms with Crippen molar-refractivity contribution in [3.8, 4) is 0 Å². The first-order chi connectivity index (χ1) is 14.2. The van der Waals surface area contributed by atoms with Crippen molar-refractivity contribution in [3.05, 3.63) is 58.2 Å². The quantitative estimate of drug-likeness (QED) is 0.435. The van der Waals surface area contributed by atoms with Crippen LogP contribution in [0.25, 0.3) is 11.0 Å². The Labute approximate surface area is 176 Å². The van der Waals surface area contributed by atoms with Crippen LogP contribution in [0.4, 0.5) is 0 Å². The van der Waals surface area contributed by atoms with Crippen LogP contribution in [0, 0.1) is 27.7 Å². The number of hydrogen-bond acceptors (Lipinski definition) is 6. The molecule has 2 aromatic heterocycles. The number of esters is 1. The summed E-state index contributed by atoms with van der Waals surface area (Å²) in [7, 11) is 1.65. The Morgan fingerprint density at radius 3 is 2.37 bits per heavy atom. The van der Waals surface area contributed by atoms with E-state index in [4.69, 9.17) is 9.47 Å². The van der Waals surface area contributed by atoms with Gasteiger partial charge in [0, 0.05) is 24.1 Å². The molecule has 158 valence electrons. The Hall–Kier alpha value is -3.06. The van der Waals surface area contributed by atoms with E-state index in [2.05, 4.69) is 14.5 Å². The lowest BCUT2D eigenvalue weighted by atomic mass is 10.1. The monoisotopic (exact) mass is 409 g/mol. The molecule has 2 heterocycles. The SMILES string of the molecule is COC[C@@H](C)n1c(C)cc(C(=O)COC(=O)c2ccc3nc(C)c(C)nc3c2)c1C. The lowest BCUT2D eigenvalue weighted by molar-refractivity contribution is 0.0474. The highest BCUT2D eigenvalue weighted by Gasteiger charge is 2.20. The predicted octanol–water partition coefficient (Wildman–Crippen LogP) is 3.91. The molecule has 0 fully saturated rings. The summed E-state index contributed by atoms with van der Waals surface area (Å²) in [5.74, 6) is -0.800. The molecule has 0 saturated heterocycles. The topological polar surface area (TPSA) is 83.3 Å². The number of fused-ring (bicyclic) bond motifs is 1. The van der Waals surface area contributed by atoms with Crippen LogP contribution in [-0.4, -0.2) is 46.6 Å². The summed E-state index contributed by atoms with van der Waals surface area (Å²) in [4.78, 5) is 34.1. The van der Waals surface area contributed by atoms with Gasteiger partial charge in [-0.2, -0.15) is 0 Å². The summed E-state index contributed by atoms with van der Waals surface area (Å²) in [6.07, 6.45) is 0. The highest BCUT2D eigenvalue weighted by molar-refractivity contribution is 6.01. The smallest absolute Gasteiger partial charge is 0.338 e. The van der Waals surface area contributed by atoms with Gasteiger partial charge in [-0.25, -0.2) is 14.8 Å². The maximum absolute atomic E-state index is 12.7. The molecule has 1 aromatic carbocycles. The van der Waals surface area contributed by atoms with Crippen LogP contribution in [0.5, 0.6) is 0 Å². The predicted molar refractivity (Wildman–Crippen MR) is 114 cm³/mol. The highest BCUT2D eigenvalue weighted by Crippen LogP contribution is 2.21. The van der Waals surface area contributed by atoms with Crippen molar-refractivity contribution in [1.82, 2.24) is 14.5 Å². The second-order valence-electron chi connectivity index (χ2n) is 7.56. The minimum atomic E-state index is -0.563. The lowest BCUT2D eigenvalue weighted by Gasteiger charge is -2.17. The van der Waals surface area contributed by atoms with E-state index < -0.39 is 5.97 Å². The fraction of sp³-hybridized carbons (Fsp3) is 0.391. The van der Waals surface area contributed by atoms with Crippen LogP contribution < -0.4 is 0 Å². The standard InChI is InChI=1S/C23H27N3O4/c1-13-9-19(17(5)26(13)14(2)11-29-6)22(27)12-30-23(28)18-7-8-20-21(10-18)25-16(4)15(3)24-20/h7-10,14H,11-12H2,1-6H3/t14-/m1/s1. The number of benzene rings is 1. The van der Waals surface area contributed by atoms with Gasteiger partial charge in [0.25, 0.3) is 0 Å². The molecule has 30 heavy (non-hydrogen) atoms. The summed E-state index contributed by atoms with van der Waals surface area (Å²) in [6.45, 7) is 9.85. The second-order valence-corrected chi connectivity index (χ2v) is 7.56. The van der Waals surface area contributed by atoms with Gasteiger partial charge in [0.1, 0.15) is 0 Å². The number of aryl methyl sites for hydroxylation is 3. The number of ether oxygens (including phenoxy) is 2. The number of aromatic nitrogens is 3. The number of methoxy groups -OCH3 is 1. The average molecular weight is 409 g/mol. The first-order valence-electron chi connectivity index (χ1n) is 9.85. The third kappa shape index (κ3) is 4.26. The van der Waals surface area contributed by atoms with Gasteiger partial charge < -0.3 is 14.0 Å². The largest absolute Gasteiger partial charge is 0.454 e. The summed E-state index contributed by atoms with van der Waals surface area (Å²) >= 11 is 0. The molecule has 7 nitrogen and oxygen atoms in total. The van der Waals surface area contributed by atoms with Gasteiger partial charge in [0.15, 0.2) is 6.61 Å². The molecule has 0 unspecified atom stereocenters. The zero-order chi connectivity index (χ0) is 22.0. The molecule has 7 heteroatoms. The van der Waals surface area contributed by atoms with E-state index in [1.165, 1.54) is 0 Å². The van der Waals surface area contributed by atoms with Crippen molar-refractivity contribution < 1.29 is 19.1 Å². The highest BCUT2D eigenvalue weighted by atomic mass is 16.5. The summed E-state index contributed by atoms with van der Waals surface area (Å²) < 4.78 is 12.6. The number of carbonyl (C=O) groups is 2. The third-order valence-electron chi connectivity index (χ3n) is 5.28. The van der Waals surface area contributed by atoms with Crippen LogP contribution in [0.3, 0.4) is 0 Å². The molecule has 0 aliphatic rings. The van der Waals surface area contributed by atoms with Gasteiger partial charge in [-0.05, 0) is 58.9 Å². The number of ketones is 1. The van der Waals surface area contributed by atoms with Gasteiger partial charge in [-0.3, -0.25) is 4.79 Å². The molecule has 0 radical (unpaired) electrons. The minimum absolute atomic E-state index is 0.102. The van der Waals surface area contributed by atoms with Gasteiger partial charge in [0.05, 0.1) is 40.6 Å². The number of nitrogens with zero attached hydrogens (tertiary/aromatic N) is 3. The van der Waals surface area contributed by atoms with E-state index >= 15 is 0 Å². The van der Waals surface area contributed by atoms with Gasteiger partial charge in [-0.1, -0.05) is 0 Å². The summed E-state index contributed by atoms with van der Waals surface area (Å²) in [6, 6.07) is 6.94. The lowest BCUT2D eigenvalue weighted by Crippen LogP contribution is -2.17. The summed E-state index contributed by atoms with van der Waals surface area (Å²) in [5.41, 5.74) is 5.68. The van der Waals surface area contributed by atoms with Crippen LogP contribution >= 0.6 is 0 Å². The van der Waals surface area contributed by atoms with Crippen molar-refractivity contribution in [1.29, 1.82) is 0 Å². The zero-order valence-electron chi connectivity index (χ0n) is 18.3. The van der Waals surface area contributed by atoms with Crippen LogP contribution in [0.2, 0.25) is 0 Å². The maximum atomic E-state index is 12.7. The molecule has 0 aliphatic heterocycles. The minimum Gasteiger partial charge on any atom is -0.454 e. The Morgan fingerprint density at radius 1 is 1.03 bits per heavy atom. The number of Topliss-reactive ketones (excluding diaryl/α,β-unsaturated/α-hetero) is 1. The molecule has 3 rings (SSSR count). The fourth-order valence-corrected chi connectivity index (χ4v) is 3.70. The number of rotatable bonds is 7. The van der Waals surface area contributed by atoms with Crippen molar-refractivity contribution in [3.63, 3.8) is 0 Å². The average Bonchev–Trinajstić information content (AvgIpc) is 3.00. The third-order valence-corrected chi connectivity index (χ3v) is 5.28. The normalized spacial score (nSPS) is 12.2. The Morgan fingerprint density at radius 2 is 1.70 bits per heavy atom. The molecule has 1 atom stereocenters. The van der Waals surface area contributed by atoms with E-state index in [0.717, 1.165) is 22.8 Å². The Kier molecular flexibility index (Phi) is 6.31. The van der Waals surface area contributed by atoms with E-state index in [-0.39, 0.29) is 18.4 Å².